The average Bonchev–Trinajstić information content (AvgIpc) is 2.59. The van der Waals surface area contributed by atoms with Crippen LogP contribution in [0.5, 0.6) is 11.5 Å². The van der Waals surface area contributed by atoms with Crippen LogP contribution in [0.1, 0.15) is 18.4 Å². The van der Waals surface area contributed by atoms with E-state index in [1.165, 1.54) is 24.3 Å². The van der Waals surface area contributed by atoms with Gasteiger partial charge in [0, 0.05) is 18.9 Å². The third kappa shape index (κ3) is 4.31. The zero-order valence-electron chi connectivity index (χ0n) is 13.9. The van der Waals surface area contributed by atoms with E-state index in [0.717, 1.165) is 13.2 Å². The first-order valence-electron chi connectivity index (χ1n) is 7.74. The molecule has 1 aromatic rings. The summed E-state index contributed by atoms with van der Waals surface area (Å²) in [6, 6.07) is 3.89. The fraction of sp³-hybridized carbons (Fsp3) is 0.412. The van der Waals surface area contributed by atoms with E-state index in [1.807, 2.05) is 0 Å². The smallest absolute Gasteiger partial charge is 0.338 e. The molecule has 4 atom stereocenters. The number of esters is 2. The molecule has 0 aromatic heterocycles. The minimum atomic E-state index is -2.08. The first-order valence-corrected chi connectivity index (χ1v) is 7.74. The van der Waals surface area contributed by atoms with Crippen LogP contribution in [0.3, 0.4) is 0 Å². The predicted molar refractivity (Wildman–Crippen MR) is 86.9 cm³/mol. The SMILES string of the molecule is COC(=O)[C@]1(O)C[C@H](OC(=O)/C=C/c2ccc(O)c(O)c2)[C@@H](O)[C@@H](O)C1. The van der Waals surface area contributed by atoms with E-state index in [9.17, 15) is 35.1 Å². The van der Waals surface area contributed by atoms with Gasteiger partial charge in [-0.25, -0.2) is 9.59 Å². The number of aromatic hydroxyl groups is 2. The monoisotopic (exact) mass is 368 g/mol. The molecule has 5 N–H and O–H groups in total. The molecule has 2 rings (SSSR count). The lowest BCUT2D eigenvalue weighted by molar-refractivity contribution is -0.198. The first-order chi connectivity index (χ1) is 12.2. The Kier molecular flexibility index (Phi) is 5.86. The molecule has 26 heavy (non-hydrogen) atoms. The fourth-order valence-corrected chi connectivity index (χ4v) is 2.72. The van der Waals surface area contributed by atoms with E-state index in [1.54, 1.807) is 0 Å². The van der Waals surface area contributed by atoms with Crippen molar-refractivity contribution in [1.82, 2.24) is 0 Å². The zero-order chi connectivity index (χ0) is 19.5. The fourth-order valence-electron chi connectivity index (χ4n) is 2.72. The van der Waals surface area contributed by atoms with E-state index < -0.39 is 48.7 Å². The molecule has 9 nitrogen and oxygen atoms in total. The Morgan fingerprint density at radius 1 is 1.19 bits per heavy atom. The van der Waals surface area contributed by atoms with Crippen molar-refractivity contribution in [2.24, 2.45) is 0 Å². The van der Waals surface area contributed by atoms with Crippen molar-refractivity contribution in [3.63, 3.8) is 0 Å². The summed E-state index contributed by atoms with van der Waals surface area (Å²) in [5.41, 5.74) is -1.68. The van der Waals surface area contributed by atoms with Gasteiger partial charge in [0.2, 0.25) is 0 Å². The molecular weight excluding hydrogens is 348 g/mol. The van der Waals surface area contributed by atoms with Crippen LogP contribution in [0.15, 0.2) is 24.3 Å². The number of carbonyl (C=O) groups excluding carboxylic acids is 2. The van der Waals surface area contributed by atoms with Gasteiger partial charge in [-0.3, -0.25) is 0 Å². The summed E-state index contributed by atoms with van der Waals surface area (Å²) in [5, 5.41) is 48.7. The Balaban J connectivity index is 2.07. The maximum atomic E-state index is 11.9. The summed E-state index contributed by atoms with van der Waals surface area (Å²) in [4.78, 5) is 23.6. The summed E-state index contributed by atoms with van der Waals surface area (Å²) in [6.07, 6.45) is -2.88. The highest BCUT2D eigenvalue weighted by atomic mass is 16.6. The number of hydrogen-bond acceptors (Lipinski definition) is 9. The second-order valence-corrected chi connectivity index (χ2v) is 6.05. The van der Waals surface area contributed by atoms with Gasteiger partial charge in [-0.05, 0) is 23.8 Å². The lowest BCUT2D eigenvalue weighted by Crippen LogP contribution is -2.57. The number of phenolic OH excluding ortho intramolecular Hbond substituents is 2. The van der Waals surface area contributed by atoms with Gasteiger partial charge in [0.15, 0.2) is 17.1 Å². The van der Waals surface area contributed by atoms with Crippen molar-refractivity contribution in [3.05, 3.63) is 29.8 Å². The van der Waals surface area contributed by atoms with Crippen LogP contribution in [0.4, 0.5) is 0 Å². The van der Waals surface area contributed by atoms with Gasteiger partial charge in [0.05, 0.1) is 13.2 Å². The number of aliphatic hydroxyl groups excluding tert-OH is 2. The molecule has 1 aliphatic carbocycles. The molecule has 1 aromatic carbocycles. The van der Waals surface area contributed by atoms with Crippen molar-refractivity contribution in [1.29, 1.82) is 0 Å². The molecule has 0 radical (unpaired) electrons. The van der Waals surface area contributed by atoms with E-state index in [2.05, 4.69) is 4.74 Å². The van der Waals surface area contributed by atoms with Gasteiger partial charge in [0.1, 0.15) is 12.2 Å². The van der Waals surface area contributed by atoms with Crippen molar-refractivity contribution >= 4 is 18.0 Å². The molecule has 0 saturated heterocycles. The van der Waals surface area contributed by atoms with Crippen LogP contribution >= 0.6 is 0 Å². The number of benzene rings is 1. The Labute approximate surface area is 148 Å². The normalized spacial score (nSPS) is 28.7. The van der Waals surface area contributed by atoms with Crippen molar-refractivity contribution < 1.29 is 44.6 Å². The molecular formula is C17H20O9. The van der Waals surface area contributed by atoms with Crippen LogP contribution in [0.25, 0.3) is 6.08 Å². The van der Waals surface area contributed by atoms with Crippen LogP contribution in [0.2, 0.25) is 0 Å². The molecule has 9 heteroatoms. The molecule has 1 saturated carbocycles. The number of methoxy groups -OCH3 is 1. The molecule has 0 heterocycles. The lowest BCUT2D eigenvalue weighted by Gasteiger charge is -2.39. The largest absolute Gasteiger partial charge is 0.504 e. The Bertz CT molecular complexity index is 714. The van der Waals surface area contributed by atoms with Crippen molar-refractivity contribution in [3.8, 4) is 11.5 Å². The van der Waals surface area contributed by atoms with E-state index in [-0.39, 0.29) is 11.5 Å². The number of carbonyl (C=O) groups is 2. The summed E-state index contributed by atoms with van der Waals surface area (Å²) < 4.78 is 9.50. The number of hydrogen-bond donors (Lipinski definition) is 5. The third-order valence-corrected chi connectivity index (χ3v) is 4.11. The second kappa shape index (κ2) is 7.73. The number of aliphatic hydroxyl groups is 3. The standard InChI is InChI=1S/C17H20O9/c1-25-16(23)17(24)7-12(20)15(22)13(8-17)26-14(21)5-3-9-2-4-10(18)11(19)6-9/h2-6,12-13,15,18-20,22,24H,7-8H2,1H3/b5-3+/t12-,13-,15-,17+/m0/s1. The highest BCUT2D eigenvalue weighted by molar-refractivity contribution is 5.87. The van der Waals surface area contributed by atoms with Gasteiger partial charge in [0.25, 0.3) is 0 Å². The van der Waals surface area contributed by atoms with Gasteiger partial charge < -0.3 is 35.0 Å². The minimum Gasteiger partial charge on any atom is -0.504 e. The highest BCUT2D eigenvalue weighted by Gasteiger charge is 2.50. The lowest BCUT2D eigenvalue weighted by atomic mass is 9.79. The highest BCUT2D eigenvalue weighted by Crippen LogP contribution is 2.32. The van der Waals surface area contributed by atoms with Gasteiger partial charge in [-0.2, -0.15) is 0 Å². The summed E-state index contributed by atoms with van der Waals surface area (Å²) in [7, 11) is 1.06. The van der Waals surface area contributed by atoms with Gasteiger partial charge >= 0.3 is 11.9 Å². The number of ether oxygens (including phenoxy) is 2. The van der Waals surface area contributed by atoms with Crippen LogP contribution in [0, 0.1) is 0 Å². The van der Waals surface area contributed by atoms with Gasteiger partial charge in [-0.15, -0.1) is 0 Å². The summed E-state index contributed by atoms with van der Waals surface area (Å²) in [6.45, 7) is 0. The average molecular weight is 368 g/mol. The second-order valence-electron chi connectivity index (χ2n) is 6.05. The Morgan fingerprint density at radius 2 is 1.88 bits per heavy atom. The quantitative estimate of drug-likeness (QED) is 0.267. The summed E-state index contributed by atoms with van der Waals surface area (Å²) >= 11 is 0. The molecule has 0 spiro atoms. The Morgan fingerprint density at radius 3 is 2.50 bits per heavy atom. The number of phenols is 2. The van der Waals surface area contributed by atoms with E-state index >= 15 is 0 Å². The van der Waals surface area contributed by atoms with E-state index in [0.29, 0.717) is 5.56 Å². The van der Waals surface area contributed by atoms with E-state index in [4.69, 9.17) is 4.74 Å². The third-order valence-electron chi connectivity index (χ3n) is 4.11. The predicted octanol–water partition coefficient (Wildman–Crippen LogP) is -0.558. The molecule has 0 aliphatic heterocycles. The van der Waals surface area contributed by atoms with Crippen molar-refractivity contribution in [2.75, 3.05) is 7.11 Å². The maximum absolute atomic E-state index is 11.9. The first kappa shape index (κ1) is 19.7. The molecule has 0 amide bonds. The topological polar surface area (TPSA) is 154 Å². The Hall–Kier alpha value is -2.62. The van der Waals surface area contributed by atoms with Crippen molar-refractivity contribution in [2.45, 2.75) is 36.8 Å². The van der Waals surface area contributed by atoms with Crippen LogP contribution in [-0.2, 0) is 19.1 Å². The molecule has 142 valence electrons. The minimum absolute atomic E-state index is 0.314. The maximum Gasteiger partial charge on any atom is 0.338 e. The molecule has 1 fully saturated rings. The van der Waals surface area contributed by atoms with Gasteiger partial charge in [-0.1, -0.05) is 6.07 Å². The number of rotatable bonds is 4. The summed E-state index contributed by atoms with van der Waals surface area (Å²) in [5.74, 6) is -2.58. The zero-order valence-corrected chi connectivity index (χ0v) is 13.9. The molecule has 1 aliphatic rings. The van der Waals surface area contributed by atoms with Crippen LogP contribution in [-0.4, -0.2) is 68.5 Å². The molecule has 0 bridgehead atoms. The van der Waals surface area contributed by atoms with Crippen LogP contribution < -0.4 is 0 Å². The molecule has 0 unspecified atom stereocenters.